The number of benzene rings is 1. The van der Waals surface area contributed by atoms with Gasteiger partial charge in [-0.2, -0.15) is 0 Å². The van der Waals surface area contributed by atoms with Crippen LogP contribution in [0.15, 0.2) is 12.1 Å². The van der Waals surface area contributed by atoms with E-state index in [1.54, 1.807) is 12.1 Å². The number of amides is 1. The Kier molecular flexibility index (Phi) is 3.35. The lowest BCUT2D eigenvalue weighted by Crippen LogP contribution is -2.08. The van der Waals surface area contributed by atoms with Gasteiger partial charge in [-0.1, -0.05) is 11.8 Å². The number of hydrogen-bond donors (Lipinski definition) is 2. The maximum absolute atomic E-state index is 10.5. The van der Waals surface area contributed by atoms with E-state index >= 15 is 0 Å². The van der Waals surface area contributed by atoms with E-state index in [4.69, 9.17) is 5.73 Å². The molecule has 0 bridgehead atoms. The van der Waals surface area contributed by atoms with Crippen molar-refractivity contribution in [1.29, 1.82) is 0 Å². The highest BCUT2D eigenvalue weighted by atomic mass is 16.3. The molecule has 0 saturated carbocycles. The molecule has 1 aromatic rings. The Bertz CT molecular complexity index is 429. The molecule has 3 heteroatoms. The quantitative estimate of drug-likeness (QED) is 0.674. The number of primary amides is 1. The van der Waals surface area contributed by atoms with E-state index in [0.29, 0.717) is 0 Å². The van der Waals surface area contributed by atoms with Crippen LogP contribution in [0.5, 0.6) is 5.75 Å². The van der Waals surface area contributed by atoms with Crippen LogP contribution in [0.3, 0.4) is 0 Å². The van der Waals surface area contributed by atoms with E-state index in [2.05, 4.69) is 11.8 Å². The van der Waals surface area contributed by atoms with Gasteiger partial charge in [0, 0.05) is 5.56 Å². The number of aromatic hydroxyl groups is 1. The minimum absolute atomic E-state index is 0.0553. The zero-order chi connectivity index (χ0) is 11.4. The summed E-state index contributed by atoms with van der Waals surface area (Å²) in [6.45, 7) is 3.72. The average Bonchev–Trinajstić information content (AvgIpc) is 2.08. The molecule has 0 aliphatic rings. The highest BCUT2D eigenvalue weighted by Crippen LogP contribution is 2.19. The molecule has 0 aromatic heterocycles. The molecule has 1 amide bonds. The molecule has 1 aromatic carbocycles. The van der Waals surface area contributed by atoms with E-state index in [1.807, 2.05) is 13.8 Å². The number of rotatable bonds is 1. The Hall–Kier alpha value is -1.95. The van der Waals surface area contributed by atoms with Gasteiger partial charge in [-0.05, 0) is 37.1 Å². The van der Waals surface area contributed by atoms with Gasteiger partial charge in [-0.3, -0.25) is 4.79 Å². The van der Waals surface area contributed by atoms with Gasteiger partial charge in [0.2, 0.25) is 5.91 Å². The van der Waals surface area contributed by atoms with Crippen LogP contribution in [-0.2, 0) is 4.79 Å². The monoisotopic (exact) mass is 203 g/mol. The van der Waals surface area contributed by atoms with Crippen LogP contribution in [0.2, 0.25) is 0 Å². The van der Waals surface area contributed by atoms with Gasteiger partial charge in [-0.15, -0.1) is 0 Å². The smallest absolute Gasteiger partial charge is 0.229 e. The summed E-state index contributed by atoms with van der Waals surface area (Å²) < 4.78 is 0. The molecular formula is C12H13NO2. The first-order chi connectivity index (χ1) is 7.00. The summed E-state index contributed by atoms with van der Waals surface area (Å²) in [6, 6.07) is 3.28. The van der Waals surface area contributed by atoms with Gasteiger partial charge in [0.15, 0.2) is 0 Å². The van der Waals surface area contributed by atoms with Crippen molar-refractivity contribution in [2.45, 2.75) is 20.3 Å². The topological polar surface area (TPSA) is 63.3 Å². The van der Waals surface area contributed by atoms with Crippen LogP contribution in [0.4, 0.5) is 0 Å². The zero-order valence-electron chi connectivity index (χ0n) is 8.79. The van der Waals surface area contributed by atoms with Crippen molar-refractivity contribution in [3.05, 3.63) is 28.8 Å². The normalized spacial score (nSPS) is 9.20. The number of carbonyl (C=O) groups is 1. The molecule has 15 heavy (non-hydrogen) atoms. The van der Waals surface area contributed by atoms with E-state index in [0.717, 1.165) is 16.7 Å². The SMILES string of the molecule is Cc1cc(O)cc(C)c1C#CCC(N)=O. The van der Waals surface area contributed by atoms with E-state index < -0.39 is 5.91 Å². The maximum atomic E-state index is 10.5. The molecule has 0 spiro atoms. The van der Waals surface area contributed by atoms with Crippen molar-refractivity contribution >= 4 is 5.91 Å². The molecule has 1 rings (SSSR count). The van der Waals surface area contributed by atoms with Crippen molar-refractivity contribution < 1.29 is 9.90 Å². The van der Waals surface area contributed by atoms with Crippen molar-refractivity contribution in [3.63, 3.8) is 0 Å². The summed E-state index contributed by atoms with van der Waals surface area (Å²) in [5, 5.41) is 9.31. The van der Waals surface area contributed by atoms with Crippen LogP contribution in [0, 0.1) is 25.7 Å². The highest BCUT2D eigenvalue weighted by Gasteiger charge is 2.01. The summed E-state index contributed by atoms with van der Waals surface area (Å²) in [7, 11) is 0. The largest absolute Gasteiger partial charge is 0.508 e. The highest BCUT2D eigenvalue weighted by molar-refractivity contribution is 5.76. The first kappa shape index (κ1) is 11.1. The lowest BCUT2D eigenvalue weighted by atomic mass is 10.0. The lowest BCUT2D eigenvalue weighted by Gasteiger charge is -2.03. The maximum Gasteiger partial charge on any atom is 0.229 e. The fraction of sp³-hybridized carbons (Fsp3) is 0.250. The summed E-state index contributed by atoms with van der Waals surface area (Å²) >= 11 is 0. The Morgan fingerprint density at radius 3 is 2.40 bits per heavy atom. The fourth-order valence-electron chi connectivity index (χ4n) is 1.36. The van der Waals surface area contributed by atoms with Crippen molar-refractivity contribution in [2.75, 3.05) is 0 Å². The van der Waals surface area contributed by atoms with Crippen molar-refractivity contribution in [1.82, 2.24) is 0 Å². The van der Waals surface area contributed by atoms with Gasteiger partial charge in [0.1, 0.15) is 5.75 Å². The molecule has 3 nitrogen and oxygen atoms in total. The van der Waals surface area contributed by atoms with Gasteiger partial charge < -0.3 is 10.8 Å². The van der Waals surface area contributed by atoms with Crippen LogP contribution in [0.1, 0.15) is 23.1 Å². The van der Waals surface area contributed by atoms with Gasteiger partial charge in [-0.25, -0.2) is 0 Å². The van der Waals surface area contributed by atoms with E-state index in [9.17, 15) is 9.90 Å². The molecule has 0 unspecified atom stereocenters. The minimum atomic E-state index is -0.434. The Labute approximate surface area is 88.9 Å². The fourth-order valence-corrected chi connectivity index (χ4v) is 1.36. The van der Waals surface area contributed by atoms with Gasteiger partial charge in [0.25, 0.3) is 0 Å². The summed E-state index contributed by atoms with van der Waals surface area (Å²) in [5.74, 6) is 5.37. The predicted molar refractivity (Wildman–Crippen MR) is 58.3 cm³/mol. The standard InChI is InChI=1S/C12H13NO2/c1-8-6-10(14)7-9(2)11(8)4-3-5-12(13)15/h6-7,14H,5H2,1-2H3,(H2,13,15). The lowest BCUT2D eigenvalue weighted by molar-refractivity contribution is -0.117. The van der Waals surface area contributed by atoms with Gasteiger partial charge in [0.05, 0.1) is 6.42 Å². The number of nitrogens with two attached hydrogens (primary N) is 1. The van der Waals surface area contributed by atoms with Crippen LogP contribution in [-0.4, -0.2) is 11.0 Å². The van der Waals surface area contributed by atoms with Crippen LogP contribution < -0.4 is 5.73 Å². The molecule has 0 heterocycles. The summed E-state index contributed by atoms with van der Waals surface area (Å²) in [6.07, 6.45) is 0.0553. The average molecular weight is 203 g/mol. The van der Waals surface area contributed by atoms with Crippen LogP contribution in [0.25, 0.3) is 0 Å². The van der Waals surface area contributed by atoms with Crippen molar-refractivity contribution in [2.24, 2.45) is 5.73 Å². The van der Waals surface area contributed by atoms with E-state index in [1.165, 1.54) is 0 Å². The Morgan fingerprint density at radius 1 is 1.40 bits per heavy atom. The Balaban J connectivity index is 3.03. The first-order valence-electron chi connectivity index (χ1n) is 4.58. The third-order valence-electron chi connectivity index (χ3n) is 1.99. The predicted octanol–water partition coefficient (Wildman–Crippen LogP) is 1.24. The molecule has 3 N–H and O–H groups in total. The zero-order valence-corrected chi connectivity index (χ0v) is 8.79. The first-order valence-corrected chi connectivity index (χ1v) is 4.58. The third-order valence-corrected chi connectivity index (χ3v) is 1.99. The molecule has 0 saturated heterocycles. The second-order valence-electron chi connectivity index (χ2n) is 3.40. The molecule has 0 fully saturated rings. The second-order valence-corrected chi connectivity index (χ2v) is 3.40. The molecular weight excluding hydrogens is 190 g/mol. The van der Waals surface area contributed by atoms with E-state index in [-0.39, 0.29) is 12.2 Å². The van der Waals surface area contributed by atoms with Gasteiger partial charge >= 0.3 is 0 Å². The molecule has 0 radical (unpaired) electrons. The van der Waals surface area contributed by atoms with Crippen LogP contribution >= 0.6 is 0 Å². The second kappa shape index (κ2) is 4.52. The molecule has 0 aliphatic carbocycles. The molecule has 0 atom stereocenters. The minimum Gasteiger partial charge on any atom is -0.508 e. The third kappa shape index (κ3) is 3.03. The Morgan fingerprint density at radius 2 is 1.93 bits per heavy atom. The molecule has 78 valence electrons. The number of phenols is 1. The number of phenolic OH excluding ortho intramolecular Hbond substituents is 1. The summed E-state index contributed by atoms with van der Waals surface area (Å²) in [4.78, 5) is 10.5. The molecule has 0 aliphatic heterocycles. The number of hydrogen-bond acceptors (Lipinski definition) is 2. The number of carbonyl (C=O) groups excluding carboxylic acids is 1. The summed E-state index contributed by atoms with van der Waals surface area (Å²) in [5.41, 5.74) is 7.60. The van der Waals surface area contributed by atoms with Crippen molar-refractivity contribution in [3.8, 4) is 17.6 Å². The number of aryl methyl sites for hydroxylation is 2.